The van der Waals surface area contributed by atoms with Crippen LogP contribution >= 0.6 is 0 Å². The standard InChI is InChI=1S/C12H23N3O2/c1-4-9(8-13)7-11-14-12(15-17-11)10(5-2)16-6-3/h9-10H,4-8,13H2,1-3H3. The second-order valence-corrected chi connectivity index (χ2v) is 4.11. The van der Waals surface area contributed by atoms with Crippen LogP contribution < -0.4 is 5.73 Å². The van der Waals surface area contributed by atoms with Crippen molar-refractivity contribution in [3.05, 3.63) is 11.7 Å². The fraction of sp³-hybridized carbons (Fsp3) is 0.833. The van der Waals surface area contributed by atoms with Crippen LogP contribution in [0, 0.1) is 5.92 Å². The van der Waals surface area contributed by atoms with Gasteiger partial charge in [0.2, 0.25) is 11.7 Å². The molecule has 1 aromatic rings. The van der Waals surface area contributed by atoms with E-state index in [1.54, 1.807) is 0 Å². The SMILES string of the molecule is CCOC(CC)c1noc(CC(CC)CN)n1. The molecule has 2 N–H and O–H groups in total. The van der Waals surface area contributed by atoms with Crippen molar-refractivity contribution in [2.75, 3.05) is 13.2 Å². The number of hydrogen-bond donors (Lipinski definition) is 1. The molecular weight excluding hydrogens is 218 g/mol. The first kappa shape index (κ1) is 14.1. The molecule has 0 saturated heterocycles. The van der Waals surface area contributed by atoms with E-state index in [9.17, 15) is 0 Å². The summed E-state index contributed by atoms with van der Waals surface area (Å²) in [6.45, 7) is 7.43. The molecule has 98 valence electrons. The molecule has 0 amide bonds. The van der Waals surface area contributed by atoms with Gasteiger partial charge in [-0.1, -0.05) is 25.4 Å². The Labute approximate surface area is 103 Å². The lowest BCUT2D eigenvalue weighted by Gasteiger charge is -2.09. The second-order valence-electron chi connectivity index (χ2n) is 4.11. The van der Waals surface area contributed by atoms with Crippen LogP contribution in [0.5, 0.6) is 0 Å². The van der Waals surface area contributed by atoms with Gasteiger partial charge in [-0.15, -0.1) is 0 Å². The van der Waals surface area contributed by atoms with Gasteiger partial charge in [-0.3, -0.25) is 0 Å². The maximum atomic E-state index is 5.66. The molecular formula is C12H23N3O2. The number of rotatable bonds is 8. The summed E-state index contributed by atoms with van der Waals surface area (Å²) in [4.78, 5) is 4.38. The highest BCUT2D eigenvalue weighted by molar-refractivity contribution is 4.92. The molecule has 2 unspecified atom stereocenters. The first-order valence-electron chi connectivity index (χ1n) is 6.39. The maximum Gasteiger partial charge on any atom is 0.227 e. The Bertz CT molecular complexity index is 310. The molecule has 1 heterocycles. The van der Waals surface area contributed by atoms with E-state index >= 15 is 0 Å². The zero-order valence-electron chi connectivity index (χ0n) is 11.0. The molecule has 1 rings (SSSR count). The first-order chi connectivity index (χ1) is 8.24. The van der Waals surface area contributed by atoms with Gasteiger partial charge in [-0.05, 0) is 25.8 Å². The summed E-state index contributed by atoms with van der Waals surface area (Å²) in [6, 6.07) is 0. The summed E-state index contributed by atoms with van der Waals surface area (Å²) in [6.07, 6.45) is 2.57. The molecule has 0 aliphatic carbocycles. The van der Waals surface area contributed by atoms with Crippen LogP contribution in [0.1, 0.15) is 51.4 Å². The van der Waals surface area contributed by atoms with Crippen molar-refractivity contribution in [3.8, 4) is 0 Å². The number of aromatic nitrogens is 2. The Hall–Kier alpha value is -0.940. The van der Waals surface area contributed by atoms with Gasteiger partial charge in [-0.25, -0.2) is 0 Å². The molecule has 0 aliphatic heterocycles. The molecule has 2 atom stereocenters. The molecule has 0 aromatic carbocycles. The largest absolute Gasteiger partial charge is 0.370 e. The second kappa shape index (κ2) is 7.40. The Morgan fingerprint density at radius 3 is 2.59 bits per heavy atom. The topological polar surface area (TPSA) is 74.2 Å². The fourth-order valence-electron chi connectivity index (χ4n) is 1.70. The molecule has 17 heavy (non-hydrogen) atoms. The summed E-state index contributed by atoms with van der Waals surface area (Å²) >= 11 is 0. The van der Waals surface area contributed by atoms with Crippen molar-refractivity contribution in [2.24, 2.45) is 11.7 Å². The van der Waals surface area contributed by atoms with Crippen LogP contribution in [0.4, 0.5) is 0 Å². The van der Waals surface area contributed by atoms with E-state index in [4.69, 9.17) is 15.0 Å². The minimum Gasteiger partial charge on any atom is -0.370 e. The highest BCUT2D eigenvalue weighted by Gasteiger charge is 2.18. The normalized spacial score (nSPS) is 14.8. The molecule has 5 heteroatoms. The molecule has 0 aliphatic rings. The van der Waals surface area contributed by atoms with Crippen LogP contribution in [-0.4, -0.2) is 23.3 Å². The zero-order chi connectivity index (χ0) is 12.7. The lowest BCUT2D eigenvalue weighted by molar-refractivity contribution is 0.0518. The summed E-state index contributed by atoms with van der Waals surface area (Å²) in [5, 5.41) is 3.98. The molecule has 5 nitrogen and oxygen atoms in total. The van der Waals surface area contributed by atoms with E-state index in [2.05, 4.69) is 17.1 Å². The van der Waals surface area contributed by atoms with Crippen LogP contribution in [0.2, 0.25) is 0 Å². The van der Waals surface area contributed by atoms with E-state index in [0.29, 0.717) is 30.8 Å². The average molecular weight is 241 g/mol. The third-order valence-corrected chi connectivity index (χ3v) is 2.88. The van der Waals surface area contributed by atoms with Gasteiger partial charge in [0.25, 0.3) is 0 Å². The number of nitrogens with zero attached hydrogens (tertiary/aromatic N) is 2. The Balaban J connectivity index is 2.63. The maximum absolute atomic E-state index is 5.66. The molecule has 0 spiro atoms. The van der Waals surface area contributed by atoms with Gasteiger partial charge in [0.1, 0.15) is 6.10 Å². The average Bonchev–Trinajstić information content (AvgIpc) is 2.81. The van der Waals surface area contributed by atoms with Crippen molar-refractivity contribution in [2.45, 2.75) is 46.1 Å². The van der Waals surface area contributed by atoms with Gasteiger partial charge in [-0.2, -0.15) is 4.98 Å². The van der Waals surface area contributed by atoms with Crippen molar-refractivity contribution in [3.63, 3.8) is 0 Å². The number of hydrogen-bond acceptors (Lipinski definition) is 5. The Morgan fingerprint density at radius 2 is 2.06 bits per heavy atom. The van der Waals surface area contributed by atoms with Crippen molar-refractivity contribution >= 4 is 0 Å². The third-order valence-electron chi connectivity index (χ3n) is 2.88. The summed E-state index contributed by atoms with van der Waals surface area (Å²) < 4.78 is 10.8. The van der Waals surface area contributed by atoms with Gasteiger partial charge >= 0.3 is 0 Å². The van der Waals surface area contributed by atoms with Crippen molar-refractivity contribution < 1.29 is 9.26 Å². The smallest absolute Gasteiger partial charge is 0.227 e. The molecule has 0 saturated carbocycles. The summed E-state index contributed by atoms with van der Waals surface area (Å²) in [7, 11) is 0. The third kappa shape index (κ3) is 4.09. The minimum absolute atomic E-state index is 0.0598. The predicted octanol–water partition coefficient (Wildman–Crippen LogP) is 2.08. The quantitative estimate of drug-likeness (QED) is 0.754. The van der Waals surface area contributed by atoms with E-state index in [-0.39, 0.29) is 6.10 Å². The van der Waals surface area contributed by atoms with E-state index < -0.39 is 0 Å². The highest BCUT2D eigenvalue weighted by atomic mass is 16.5. The van der Waals surface area contributed by atoms with E-state index in [0.717, 1.165) is 19.3 Å². The van der Waals surface area contributed by atoms with Crippen LogP contribution in [-0.2, 0) is 11.2 Å². The van der Waals surface area contributed by atoms with Crippen LogP contribution in [0.25, 0.3) is 0 Å². The lowest BCUT2D eigenvalue weighted by atomic mass is 10.0. The van der Waals surface area contributed by atoms with Crippen molar-refractivity contribution in [1.29, 1.82) is 0 Å². The first-order valence-corrected chi connectivity index (χ1v) is 6.39. The predicted molar refractivity (Wildman–Crippen MR) is 65.5 cm³/mol. The van der Waals surface area contributed by atoms with Gasteiger partial charge < -0.3 is 15.0 Å². The monoisotopic (exact) mass is 241 g/mol. The Morgan fingerprint density at radius 1 is 1.29 bits per heavy atom. The van der Waals surface area contributed by atoms with E-state index in [1.807, 2.05) is 13.8 Å². The number of ether oxygens (including phenoxy) is 1. The van der Waals surface area contributed by atoms with Gasteiger partial charge in [0.15, 0.2) is 0 Å². The fourth-order valence-corrected chi connectivity index (χ4v) is 1.70. The van der Waals surface area contributed by atoms with Gasteiger partial charge in [0.05, 0.1) is 0 Å². The Kier molecular flexibility index (Phi) is 6.15. The van der Waals surface area contributed by atoms with Crippen LogP contribution in [0.3, 0.4) is 0 Å². The zero-order valence-corrected chi connectivity index (χ0v) is 11.0. The van der Waals surface area contributed by atoms with Crippen molar-refractivity contribution in [1.82, 2.24) is 10.1 Å². The molecule has 0 radical (unpaired) electrons. The molecule has 1 aromatic heterocycles. The molecule has 0 bridgehead atoms. The molecule has 0 fully saturated rings. The van der Waals surface area contributed by atoms with Crippen LogP contribution in [0.15, 0.2) is 4.52 Å². The summed E-state index contributed by atoms with van der Waals surface area (Å²) in [5.74, 6) is 1.72. The summed E-state index contributed by atoms with van der Waals surface area (Å²) in [5.41, 5.74) is 5.66. The minimum atomic E-state index is -0.0598. The lowest BCUT2D eigenvalue weighted by Crippen LogP contribution is -2.16. The van der Waals surface area contributed by atoms with E-state index in [1.165, 1.54) is 0 Å². The number of nitrogens with two attached hydrogens (primary N) is 1. The highest BCUT2D eigenvalue weighted by Crippen LogP contribution is 2.19. The van der Waals surface area contributed by atoms with Gasteiger partial charge in [0, 0.05) is 13.0 Å².